The molecule has 0 radical (unpaired) electrons. The number of benzene rings is 3. The maximum atomic E-state index is 11.9. The van der Waals surface area contributed by atoms with Crippen molar-refractivity contribution in [2.24, 2.45) is 0 Å². The van der Waals surface area contributed by atoms with Crippen LogP contribution in [-0.2, 0) is 11.4 Å². The molecule has 0 amide bonds. The molecule has 0 heterocycles. The average Bonchev–Trinajstić information content (AvgIpc) is 2.72. The minimum Gasteiger partial charge on any atom is -0.489 e. The van der Waals surface area contributed by atoms with Gasteiger partial charge in [-0.1, -0.05) is 42.5 Å². The van der Waals surface area contributed by atoms with E-state index in [0.29, 0.717) is 29.4 Å². The molecule has 0 saturated carbocycles. The van der Waals surface area contributed by atoms with Crippen molar-refractivity contribution in [1.29, 1.82) is 0 Å². The third kappa shape index (κ3) is 5.71. The first-order chi connectivity index (χ1) is 13.6. The number of hydrogen-bond acceptors (Lipinski definition) is 5. The first kappa shape index (κ1) is 19.2. The van der Waals surface area contributed by atoms with Crippen LogP contribution in [0.5, 0.6) is 17.2 Å². The van der Waals surface area contributed by atoms with Crippen molar-refractivity contribution in [2.45, 2.75) is 13.5 Å². The number of carbonyl (C=O) groups excluding carboxylic acids is 2. The van der Waals surface area contributed by atoms with E-state index in [1.165, 1.54) is 13.0 Å². The highest BCUT2D eigenvalue weighted by Gasteiger charge is 2.08. The van der Waals surface area contributed by atoms with Crippen molar-refractivity contribution < 1.29 is 23.8 Å². The van der Waals surface area contributed by atoms with Crippen LogP contribution in [0.15, 0.2) is 78.9 Å². The summed E-state index contributed by atoms with van der Waals surface area (Å²) in [5.74, 6) is 0.904. The molecule has 0 unspecified atom stereocenters. The SMILES string of the molecule is CC(=O)c1cccc(OC(=O)COc2ccc(OCc3ccccc3)cc2)c1. The lowest BCUT2D eigenvalue weighted by molar-refractivity contribution is -0.136. The summed E-state index contributed by atoms with van der Waals surface area (Å²) in [6.07, 6.45) is 0. The van der Waals surface area contributed by atoms with E-state index in [1.54, 1.807) is 42.5 Å². The normalized spacial score (nSPS) is 10.2. The number of ether oxygens (including phenoxy) is 3. The van der Waals surface area contributed by atoms with E-state index in [4.69, 9.17) is 14.2 Å². The fraction of sp³-hybridized carbons (Fsp3) is 0.130. The average molecular weight is 376 g/mol. The molecule has 0 spiro atoms. The number of carbonyl (C=O) groups is 2. The van der Waals surface area contributed by atoms with Crippen LogP contribution in [0.25, 0.3) is 0 Å². The van der Waals surface area contributed by atoms with Gasteiger partial charge in [0.25, 0.3) is 0 Å². The second-order valence-corrected chi connectivity index (χ2v) is 6.09. The van der Waals surface area contributed by atoms with Gasteiger partial charge >= 0.3 is 5.97 Å². The fourth-order valence-corrected chi connectivity index (χ4v) is 2.45. The molecule has 28 heavy (non-hydrogen) atoms. The topological polar surface area (TPSA) is 61.8 Å². The molecule has 0 N–H and O–H groups in total. The summed E-state index contributed by atoms with van der Waals surface area (Å²) in [7, 11) is 0. The van der Waals surface area contributed by atoms with Gasteiger partial charge < -0.3 is 14.2 Å². The van der Waals surface area contributed by atoms with E-state index in [9.17, 15) is 9.59 Å². The van der Waals surface area contributed by atoms with E-state index in [2.05, 4.69) is 0 Å². The van der Waals surface area contributed by atoms with Crippen molar-refractivity contribution in [3.05, 3.63) is 90.0 Å². The fourth-order valence-electron chi connectivity index (χ4n) is 2.45. The third-order valence-corrected chi connectivity index (χ3v) is 3.90. The smallest absolute Gasteiger partial charge is 0.349 e. The van der Waals surface area contributed by atoms with Crippen LogP contribution in [0.2, 0.25) is 0 Å². The molecule has 0 atom stereocenters. The monoisotopic (exact) mass is 376 g/mol. The third-order valence-electron chi connectivity index (χ3n) is 3.90. The quantitative estimate of drug-likeness (QED) is 0.330. The Labute approximate surface area is 163 Å². The lowest BCUT2D eigenvalue weighted by Gasteiger charge is -2.09. The molecule has 0 aliphatic rings. The van der Waals surface area contributed by atoms with Crippen LogP contribution in [0.3, 0.4) is 0 Å². The largest absolute Gasteiger partial charge is 0.489 e. The van der Waals surface area contributed by atoms with Gasteiger partial charge in [-0.3, -0.25) is 4.79 Å². The van der Waals surface area contributed by atoms with Gasteiger partial charge in [-0.2, -0.15) is 0 Å². The number of ketones is 1. The highest BCUT2D eigenvalue weighted by Crippen LogP contribution is 2.19. The van der Waals surface area contributed by atoms with E-state index in [0.717, 1.165) is 5.56 Å². The molecule has 0 saturated heterocycles. The zero-order chi connectivity index (χ0) is 19.8. The van der Waals surface area contributed by atoms with E-state index < -0.39 is 5.97 Å². The Morgan fingerprint density at radius 2 is 1.43 bits per heavy atom. The maximum Gasteiger partial charge on any atom is 0.349 e. The predicted octanol–water partition coefficient (Wildman–Crippen LogP) is 4.45. The lowest BCUT2D eigenvalue weighted by Crippen LogP contribution is -2.17. The Hall–Kier alpha value is -3.60. The molecule has 3 aromatic carbocycles. The second-order valence-electron chi connectivity index (χ2n) is 6.09. The van der Waals surface area contributed by atoms with Crippen LogP contribution in [0.1, 0.15) is 22.8 Å². The molecule has 0 aliphatic carbocycles. The van der Waals surface area contributed by atoms with E-state index in [1.807, 2.05) is 30.3 Å². The number of esters is 1. The molecular formula is C23H20O5. The molecule has 0 fully saturated rings. The maximum absolute atomic E-state index is 11.9. The Morgan fingerprint density at radius 1 is 0.750 bits per heavy atom. The molecule has 5 heteroatoms. The molecule has 142 valence electrons. The van der Waals surface area contributed by atoms with E-state index >= 15 is 0 Å². The Balaban J connectivity index is 1.47. The molecular weight excluding hydrogens is 356 g/mol. The first-order valence-electron chi connectivity index (χ1n) is 8.81. The summed E-state index contributed by atoms with van der Waals surface area (Å²) in [4.78, 5) is 23.3. The summed E-state index contributed by atoms with van der Waals surface area (Å²) in [6.45, 7) is 1.69. The molecule has 3 aromatic rings. The Bertz CT molecular complexity index is 933. The highest BCUT2D eigenvalue weighted by molar-refractivity contribution is 5.94. The van der Waals surface area contributed by atoms with Gasteiger partial charge in [0.2, 0.25) is 0 Å². The van der Waals surface area contributed by atoms with Gasteiger partial charge in [0, 0.05) is 5.56 Å². The standard InChI is InChI=1S/C23H20O5/c1-17(24)19-8-5-9-22(14-19)28-23(25)16-27-21-12-10-20(11-13-21)26-15-18-6-3-2-4-7-18/h2-14H,15-16H2,1H3. The van der Waals surface area contributed by atoms with E-state index in [-0.39, 0.29) is 12.4 Å². The van der Waals surface area contributed by atoms with Crippen molar-refractivity contribution in [2.75, 3.05) is 6.61 Å². The minimum absolute atomic E-state index is 0.0938. The van der Waals surface area contributed by atoms with Gasteiger partial charge in [-0.25, -0.2) is 4.79 Å². The zero-order valence-electron chi connectivity index (χ0n) is 15.5. The van der Waals surface area contributed by atoms with Crippen LogP contribution in [-0.4, -0.2) is 18.4 Å². The summed E-state index contributed by atoms with van der Waals surface area (Å²) in [6, 6.07) is 23.4. The zero-order valence-corrected chi connectivity index (χ0v) is 15.5. The first-order valence-corrected chi connectivity index (χ1v) is 8.81. The van der Waals surface area contributed by atoms with Crippen LogP contribution >= 0.6 is 0 Å². The lowest BCUT2D eigenvalue weighted by atomic mass is 10.1. The van der Waals surface area contributed by atoms with Gasteiger partial charge in [-0.15, -0.1) is 0 Å². The van der Waals surface area contributed by atoms with Crippen molar-refractivity contribution in [3.63, 3.8) is 0 Å². The van der Waals surface area contributed by atoms with Crippen LogP contribution in [0, 0.1) is 0 Å². The molecule has 0 aliphatic heterocycles. The Kier molecular flexibility index (Phi) is 6.41. The molecule has 5 nitrogen and oxygen atoms in total. The number of rotatable bonds is 8. The summed E-state index contributed by atoms with van der Waals surface area (Å²) >= 11 is 0. The van der Waals surface area contributed by atoms with Crippen molar-refractivity contribution >= 4 is 11.8 Å². The minimum atomic E-state index is -0.551. The van der Waals surface area contributed by atoms with Gasteiger partial charge in [-0.05, 0) is 48.9 Å². The van der Waals surface area contributed by atoms with Gasteiger partial charge in [0.15, 0.2) is 12.4 Å². The number of hydrogen-bond donors (Lipinski definition) is 0. The summed E-state index contributed by atoms with van der Waals surface area (Å²) in [5.41, 5.74) is 1.57. The van der Waals surface area contributed by atoms with Gasteiger partial charge in [0.1, 0.15) is 23.9 Å². The molecule has 3 rings (SSSR count). The second kappa shape index (κ2) is 9.37. The summed E-state index contributed by atoms with van der Waals surface area (Å²) in [5, 5.41) is 0. The van der Waals surface area contributed by atoms with Crippen LogP contribution in [0.4, 0.5) is 0 Å². The van der Waals surface area contributed by atoms with Crippen molar-refractivity contribution in [1.82, 2.24) is 0 Å². The molecule has 0 aromatic heterocycles. The Morgan fingerprint density at radius 3 is 2.11 bits per heavy atom. The molecule has 0 bridgehead atoms. The van der Waals surface area contributed by atoms with Gasteiger partial charge in [0.05, 0.1) is 0 Å². The summed E-state index contributed by atoms with van der Waals surface area (Å²) < 4.78 is 16.3. The predicted molar refractivity (Wildman–Crippen MR) is 105 cm³/mol. The highest BCUT2D eigenvalue weighted by atomic mass is 16.6. The number of Topliss-reactive ketones (excluding diaryl/α,β-unsaturated/α-hetero) is 1. The van der Waals surface area contributed by atoms with Crippen LogP contribution < -0.4 is 14.2 Å². The van der Waals surface area contributed by atoms with Crippen molar-refractivity contribution in [3.8, 4) is 17.2 Å².